The normalized spacial score (nSPS) is 12.2. The van der Waals surface area contributed by atoms with Gasteiger partial charge in [0.1, 0.15) is 4.90 Å². The number of rotatable bonds is 9. The van der Waals surface area contributed by atoms with Gasteiger partial charge in [-0.05, 0) is 52.3 Å². The summed E-state index contributed by atoms with van der Waals surface area (Å²) < 4.78 is 33.0. The minimum absolute atomic E-state index is 0.0752. The Morgan fingerprint density at radius 2 is 1.96 bits per heavy atom. The summed E-state index contributed by atoms with van der Waals surface area (Å²) in [5, 5.41) is 12.2. The molecule has 3 N–H and O–H groups in total. The van der Waals surface area contributed by atoms with Gasteiger partial charge in [-0.25, -0.2) is 17.9 Å². The molecular formula is C16H26N2O5S. The molecule has 0 atom stereocenters. The van der Waals surface area contributed by atoms with Crippen LogP contribution < -0.4 is 10.0 Å². The van der Waals surface area contributed by atoms with E-state index in [0.29, 0.717) is 31.9 Å². The maximum absolute atomic E-state index is 12.6. The number of anilines is 1. The second-order valence-corrected chi connectivity index (χ2v) is 8.00. The highest BCUT2D eigenvalue weighted by atomic mass is 32.2. The molecule has 1 rings (SSSR count). The van der Waals surface area contributed by atoms with Crippen molar-refractivity contribution in [2.75, 3.05) is 25.1 Å². The fourth-order valence-corrected chi connectivity index (χ4v) is 3.65. The van der Waals surface area contributed by atoms with Gasteiger partial charge in [-0.15, -0.1) is 0 Å². The predicted octanol–water partition coefficient (Wildman–Crippen LogP) is 2.30. The van der Waals surface area contributed by atoms with Crippen LogP contribution >= 0.6 is 0 Å². The van der Waals surface area contributed by atoms with Crippen molar-refractivity contribution in [1.29, 1.82) is 0 Å². The van der Waals surface area contributed by atoms with Crippen LogP contribution in [0.4, 0.5) is 5.69 Å². The molecular weight excluding hydrogens is 332 g/mol. The van der Waals surface area contributed by atoms with Crippen molar-refractivity contribution >= 4 is 21.7 Å². The molecule has 0 aliphatic heterocycles. The van der Waals surface area contributed by atoms with Crippen LogP contribution in [0.3, 0.4) is 0 Å². The molecule has 0 aliphatic rings. The summed E-state index contributed by atoms with van der Waals surface area (Å²) in [7, 11) is -3.86. The van der Waals surface area contributed by atoms with Gasteiger partial charge in [0.2, 0.25) is 10.0 Å². The number of ether oxygens (including phenoxy) is 1. The van der Waals surface area contributed by atoms with E-state index in [1.807, 2.05) is 6.92 Å². The van der Waals surface area contributed by atoms with Crippen LogP contribution in [0.25, 0.3) is 0 Å². The Kier molecular flexibility index (Phi) is 7.19. The molecule has 7 nitrogen and oxygen atoms in total. The number of aromatic carboxylic acids is 1. The summed E-state index contributed by atoms with van der Waals surface area (Å²) in [6.45, 7) is 8.79. The maximum Gasteiger partial charge on any atom is 0.335 e. The molecule has 0 radical (unpaired) electrons. The zero-order valence-electron chi connectivity index (χ0n) is 14.5. The van der Waals surface area contributed by atoms with E-state index in [0.717, 1.165) is 0 Å². The Morgan fingerprint density at radius 1 is 1.29 bits per heavy atom. The first-order valence-electron chi connectivity index (χ1n) is 7.80. The van der Waals surface area contributed by atoms with Gasteiger partial charge in [0.05, 0.1) is 11.3 Å². The standard InChI is InChI=1S/C16H26N2O5S/c1-5-23-10-6-9-17-13-8-7-12(15(19)20)11-14(13)24(21,22)18-16(2,3)4/h7-8,11,17-18H,5-6,9-10H2,1-4H3,(H,19,20). The van der Waals surface area contributed by atoms with E-state index < -0.39 is 21.5 Å². The lowest BCUT2D eigenvalue weighted by Crippen LogP contribution is -2.40. The first kappa shape index (κ1) is 20.4. The molecule has 136 valence electrons. The van der Waals surface area contributed by atoms with E-state index in [1.54, 1.807) is 20.8 Å². The van der Waals surface area contributed by atoms with Crippen LogP contribution in [0.15, 0.2) is 23.1 Å². The van der Waals surface area contributed by atoms with Gasteiger partial charge in [-0.1, -0.05) is 0 Å². The van der Waals surface area contributed by atoms with Gasteiger partial charge in [0.15, 0.2) is 0 Å². The van der Waals surface area contributed by atoms with Crippen LogP contribution in [0, 0.1) is 0 Å². The summed E-state index contributed by atoms with van der Waals surface area (Å²) in [5.74, 6) is -1.18. The van der Waals surface area contributed by atoms with Crippen molar-refractivity contribution in [3.63, 3.8) is 0 Å². The largest absolute Gasteiger partial charge is 0.478 e. The van der Waals surface area contributed by atoms with E-state index >= 15 is 0 Å². The topological polar surface area (TPSA) is 105 Å². The Hall–Kier alpha value is -1.64. The van der Waals surface area contributed by atoms with Crippen molar-refractivity contribution in [2.24, 2.45) is 0 Å². The van der Waals surface area contributed by atoms with E-state index in [1.165, 1.54) is 18.2 Å². The van der Waals surface area contributed by atoms with Gasteiger partial charge in [0.25, 0.3) is 0 Å². The smallest absolute Gasteiger partial charge is 0.335 e. The summed E-state index contributed by atoms with van der Waals surface area (Å²) >= 11 is 0. The summed E-state index contributed by atoms with van der Waals surface area (Å²) in [6, 6.07) is 4.02. The van der Waals surface area contributed by atoms with Crippen molar-refractivity contribution in [3.8, 4) is 0 Å². The van der Waals surface area contributed by atoms with Gasteiger partial charge >= 0.3 is 5.97 Å². The highest BCUT2D eigenvalue weighted by Gasteiger charge is 2.25. The average molecular weight is 358 g/mol. The average Bonchev–Trinajstić information content (AvgIpc) is 2.44. The second-order valence-electron chi connectivity index (χ2n) is 6.35. The monoisotopic (exact) mass is 358 g/mol. The molecule has 0 saturated carbocycles. The van der Waals surface area contributed by atoms with Gasteiger partial charge < -0.3 is 15.2 Å². The Morgan fingerprint density at radius 3 is 2.50 bits per heavy atom. The van der Waals surface area contributed by atoms with Crippen molar-refractivity contribution in [1.82, 2.24) is 4.72 Å². The van der Waals surface area contributed by atoms with E-state index in [9.17, 15) is 13.2 Å². The number of carbonyl (C=O) groups is 1. The fraction of sp³-hybridized carbons (Fsp3) is 0.562. The van der Waals surface area contributed by atoms with Crippen LogP contribution in [0.5, 0.6) is 0 Å². The predicted molar refractivity (Wildman–Crippen MR) is 93.1 cm³/mol. The zero-order valence-corrected chi connectivity index (χ0v) is 15.4. The SMILES string of the molecule is CCOCCCNc1ccc(C(=O)O)cc1S(=O)(=O)NC(C)(C)C. The first-order chi connectivity index (χ1) is 11.1. The number of carboxylic acid groups (broad SMARTS) is 1. The molecule has 1 aromatic carbocycles. The van der Waals surface area contributed by atoms with E-state index in [4.69, 9.17) is 9.84 Å². The van der Waals surface area contributed by atoms with Gasteiger partial charge in [-0.3, -0.25) is 0 Å². The van der Waals surface area contributed by atoms with E-state index in [2.05, 4.69) is 10.0 Å². The number of nitrogens with one attached hydrogen (secondary N) is 2. The summed E-state index contributed by atoms with van der Waals surface area (Å²) in [5.41, 5.74) is -0.387. The van der Waals surface area contributed by atoms with Crippen molar-refractivity contribution in [3.05, 3.63) is 23.8 Å². The lowest BCUT2D eigenvalue weighted by atomic mass is 10.1. The zero-order chi connectivity index (χ0) is 18.4. The molecule has 24 heavy (non-hydrogen) atoms. The molecule has 0 aromatic heterocycles. The lowest BCUT2D eigenvalue weighted by Gasteiger charge is -2.22. The first-order valence-corrected chi connectivity index (χ1v) is 9.28. The van der Waals surface area contributed by atoms with Crippen LogP contribution in [0.1, 0.15) is 44.5 Å². The van der Waals surface area contributed by atoms with E-state index in [-0.39, 0.29) is 10.5 Å². The Balaban J connectivity index is 3.08. The van der Waals surface area contributed by atoms with Crippen LogP contribution in [0.2, 0.25) is 0 Å². The highest BCUT2D eigenvalue weighted by molar-refractivity contribution is 7.89. The lowest BCUT2D eigenvalue weighted by molar-refractivity contribution is 0.0696. The summed E-state index contributed by atoms with van der Waals surface area (Å²) in [4.78, 5) is 11.1. The quantitative estimate of drug-likeness (QED) is 0.585. The van der Waals surface area contributed by atoms with Crippen LogP contribution in [-0.2, 0) is 14.8 Å². The third-order valence-electron chi connectivity index (χ3n) is 2.94. The number of benzene rings is 1. The third kappa shape index (κ3) is 6.46. The molecule has 0 fully saturated rings. The third-order valence-corrected chi connectivity index (χ3v) is 4.74. The second kappa shape index (κ2) is 8.46. The molecule has 1 aromatic rings. The molecule has 0 unspecified atom stereocenters. The van der Waals surface area contributed by atoms with Crippen LogP contribution in [-0.4, -0.2) is 44.8 Å². The number of hydrogen-bond acceptors (Lipinski definition) is 5. The number of hydrogen-bond donors (Lipinski definition) is 3. The van der Waals surface area contributed by atoms with Gasteiger partial charge in [0, 0.05) is 25.3 Å². The Bertz CT molecular complexity index is 666. The molecule has 0 spiro atoms. The van der Waals surface area contributed by atoms with Gasteiger partial charge in [-0.2, -0.15) is 0 Å². The molecule has 0 heterocycles. The van der Waals surface area contributed by atoms with Crippen molar-refractivity contribution < 1.29 is 23.1 Å². The summed E-state index contributed by atoms with van der Waals surface area (Å²) in [6.07, 6.45) is 0.709. The molecule has 0 bridgehead atoms. The highest BCUT2D eigenvalue weighted by Crippen LogP contribution is 2.24. The maximum atomic E-state index is 12.6. The molecule has 8 heteroatoms. The number of sulfonamides is 1. The Labute approximate surface area is 143 Å². The minimum atomic E-state index is -3.86. The molecule has 0 saturated heterocycles. The van der Waals surface area contributed by atoms with Crippen molar-refractivity contribution in [2.45, 2.75) is 44.6 Å². The number of carboxylic acids is 1. The minimum Gasteiger partial charge on any atom is -0.478 e. The fourth-order valence-electron chi connectivity index (χ4n) is 2.02. The molecule has 0 amide bonds. The molecule has 0 aliphatic carbocycles.